The molecule has 1 aliphatic rings. The quantitative estimate of drug-likeness (QED) is 0.494. The Labute approximate surface area is 91.8 Å². The molecule has 0 saturated carbocycles. The second-order valence-electron chi connectivity index (χ2n) is 3.66. The van der Waals surface area contributed by atoms with E-state index in [1.54, 1.807) is 12.3 Å². The van der Waals surface area contributed by atoms with Crippen molar-refractivity contribution in [3.8, 4) is 0 Å². The molecule has 0 aromatic carbocycles. The van der Waals surface area contributed by atoms with Gasteiger partial charge >= 0.3 is 0 Å². The second kappa shape index (κ2) is 6.93. The van der Waals surface area contributed by atoms with Gasteiger partial charge in [0.25, 0.3) is 0 Å². The lowest BCUT2D eigenvalue weighted by Gasteiger charge is -2.02. The molecule has 0 aliphatic carbocycles. The van der Waals surface area contributed by atoms with Crippen molar-refractivity contribution in [1.29, 1.82) is 0 Å². The number of nitrogens with zero attached hydrogens (tertiary/aromatic N) is 2. The Morgan fingerprint density at radius 3 is 3.27 bits per heavy atom. The molecule has 0 saturated heterocycles. The van der Waals surface area contributed by atoms with E-state index in [2.05, 4.69) is 29.6 Å². The van der Waals surface area contributed by atoms with E-state index in [4.69, 9.17) is 0 Å². The minimum absolute atomic E-state index is 0.635. The average Bonchev–Trinajstić information content (AvgIpc) is 2.43. The molecule has 2 nitrogen and oxygen atoms in total. The third-order valence-corrected chi connectivity index (χ3v) is 2.27. The zero-order chi connectivity index (χ0) is 10.9. The second-order valence-corrected chi connectivity index (χ2v) is 3.66. The Morgan fingerprint density at radius 2 is 2.47 bits per heavy atom. The van der Waals surface area contributed by atoms with Gasteiger partial charge in [0.1, 0.15) is 0 Å². The summed E-state index contributed by atoms with van der Waals surface area (Å²) in [6.45, 7) is 6.51. The first-order valence-electron chi connectivity index (χ1n) is 5.32. The highest BCUT2D eigenvalue weighted by molar-refractivity contribution is 5.88. The molecule has 15 heavy (non-hydrogen) atoms. The fourth-order valence-electron chi connectivity index (χ4n) is 1.32. The van der Waals surface area contributed by atoms with Gasteiger partial charge in [-0.25, -0.2) is 0 Å². The first-order chi connectivity index (χ1) is 7.33. The molecule has 0 aromatic heterocycles. The maximum Gasteiger partial charge on any atom is 0.0772 e. The summed E-state index contributed by atoms with van der Waals surface area (Å²) in [5, 5.41) is 0. The van der Waals surface area contributed by atoms with Gasteiger partial charge in [-0.1, -0.05) is 31.7 Å². The largest absolute Gasteiger partial charge is 0.287 e. The number of aliphatic imine (C=N–C) groups is 2. The zero-order valence-electron chi connectivity index (χ0n) is 9.26. The SMILES string of the molecule is C=C/C=C\C=NCC1=NC=CC(C)CC1. The zero-order valence-corrected chi connectivity index (χ0v) is 9.26. The van der Waals surface area contributed by atoms with Gasteiger partial charge in [-0.15, -0.1) is 0 Å². The van der Waals surface area contributed by atoms with Crippen LogP contribution in [-0.4, -0.2) is 18.5 Å². The van der Waals surface area contributed by atoms with Crippen LogP contribution in [0.4, 0.5) is 0 Å². The van der Waals surface area contributed by atoms with Crippen molar-refractivity contribution >= 4 is 11.9 Å². The Balaban J connectivity index is 2.36. The summed E-state index contributed by atoms with van der Waals surface area (Å²) in [5.74, 6) is 0.635. The first kappa shape index (κ1) is 11.6. The molecule has 1 heterocycles. The summed E-state index contributed by atoms with van der Waals surface area (Å²) >= 11 is 0. The Hall–Kier alpha value is -1.44. The Morgan fingerprint density at radius 1 is 1.60 bits per heavy atom. The highest BCUT2D eigenvalue weighted by Crippen LogP contribution is 2.12. The van der Waals surface area contributed by atoms with Gasteiger partial charge in [-0.05, 0) is 24.8 Å². The number of allylic oxidation sites excluding steroid dienone is 4. The molecule has 1 aliphatic heterocycles. The molecule has 2 heteroatoms. The third-order valence-electron chi connectivity index (χ3n) is 2.27. The molecule has 1 unspecified atom stereocenters. The summed E-state index contributed by atoms with van der Waals surface area (Å²) in [6, 6.07) is 0. The molecular weight excluding hydrogens is 184 g/mol. The topological polar surface area (TPSA) is 24.7 Å². The predicted octanol–water partition coefficient (Wildman–Crippen LogP) is 3.18. The molecule has 0 fully saturated rings. The van der Waals surface area contributed by atoms with Gasteiger partial charge in [-0.2, -0.15) is 0 Å². The average molecular weight is 202 g/mol. The lowest BCUT2D eigenvalue weighted by atomic mass is 10.0. The van der Waals surface area contributed by atoms with E-state index < -0.39 is 0 Å². The summed E-state index contributed by atoms with van der Waals surface area (Å²) in [5.41, 5.74) is 1.17. The molecule has 1 atom stereocenters. The maximum atomic E-state index is 4.37. The van der Waals surface area contributed by atoms with Crippen LogP contribution in [0.1, 0.15) is 19.8 Å². The van der Waals surface area contributed by atoms with Crippen molar-refractivity contribution in [2.24, 2.45) is 15.9 Å². The van der Waals surface area contributed by atoms with Crippen molar-refractivity contribution in [1.82, 2.24) is 0 Å². The summed E-state index contributed by atoms with van der Waals surface area (Å²) in [7, 11) is 0. The maximum absolute atomic E-state index is 4.37. The third kappa shape index (κ3) is 5.11. The van der Waals surface area contributed by atoms with Gasteiger partial charge in [0.15, 0.2) is 0 Å². The van der Waals surface area contributed by atoms with Gasteiger partial charge in [-0.3, -0.25) is 9.98 Å². The molecule has 1 rings (SSSR count). The smallest absolute Gasteiger partial charge is 0.0772 e. The molecule has 0 amide bonds. The number of hydrogen-bond acceptors (Lipinski definition) is 2. The van der Waals surface area contributed by atoms with Crippen molar-refractivity contribution in [2.75, 3.05) is 6.54 Å². The fourth-order valence-corrected chi connectivity index (χ4v) is 1.32. The van der Waals surface area contributed by atoms with Crippen molar-refractivity contribution in [3.63, 3.8) is 0 Å². The Bertz CT molecular complexity index is 308. The molecule has 0 N–H and O–H groups in total. The molecule has 0 radical (unpaired) electrons. The van der Waals surface area contributed by atoms with E-state index in [9.17, 15) is 0 Å². The standard InChI is InChI=1S/C13H18N2/c1-3-4-5-9-14-11-13-7-6-12(2)8-10-15-13/h3-5,8-10,12H,1,6-7,11H2,2H3/b5-4-,14-9?. The molecule has 0 bridgehead atoms. The highest BCUT2D eigenvalue weighted by atomic mass is 14.8. The number of rotatable bonds is 4. The molecule has 0 aromatic rings. The van der Waals surface area contributed by atoms with E-state index in [1.165, 1.54) is 12.1 Å². The van der Waals surface area contributed by atoms with Crippen LogP contribution < -0.4 is 0 Å². The molecular formula is C13H18N2. The monoisotopic (exact) mass is 202 g/mol. The van der Waals surface area contributed by atoms with Crippen LogP contribution in [0, 0.1) is 5.92 Å². The normalized spacial score (nSPS) is 21.9. The van der Waals surface area contributed by atoms with E-state index >= 15 is 0 Å². The van der Waals surface area contributed by atoms with Crippen LogP contribution in [0.25, 0.3) is 0 Å². The first-order valence-corrected chi connectivity index (χ1v) is 5.32. The van der Waals surface area contributed by atoms with E-state index in [1.807, 2.05) is 18.4 Å². The predicted molar refractivity (Wildman–Crippen MR) is 67.7 cm³/mol. The van der Waals surface area contributed by atoms with Crippen LogP contribution in [0.5, 0.6) is 0 Å². The van der Waals surface area contributed by atoms with E-state index in [0.717, 1.165) is 6.42 Å². The van der Waals surface area contributed by atoms with E-state index in [-0.39, 0.29) is 0 Å². The lowest BCUT2D eigenvalue weighted by Crippen LogP contribution is -2.03. The van der Waals surface area contributed by atoms with Crippen molar-refractivity contribution < 1.29 is 0 Å². The van der Waals surface area contributed by atoms with Gasteiger partial charge in [0, 0.05) is 18.1 Å². The minimum Gasteiger partial charge on any atom is -0.287 e. The molecule has 80 valence electrons. The fraction of sp³-hybridized carbons (Fsp3) is 0.385. The summed E-state index contributed by atoms with van der Waals surface area (Å²) in [4.78, 5) is 8.64. The minimum atomic E-state index is 0.635. The summed E-state index contributed by atoms with van der Waals surface area (Å²) in [6.07, 6.45) is 13.5. The van der Waals surface area contributed by atoms with Crippen molar-refractivity contribution in [3.05, 3.63) is 37.1 Å². The number of hydrogen-bond donors (Lipinski definition) is 0. The van der Waals surface area contributed by atoms with Crippen LogP contribution in [0.15, 0.2) is 47.1 Å². The van der Waals surface area contributed by atoms with Gasteiger partial charge in [0.2, 0.25) is 0 Å². The van der Waals surface area contributed by atoms with Crippen LogP contribution in [0.3, 0.4) is 0 Å². The van der Waals surface area contributed by atoms with E-state index in [0.29, 0.717) is 12.5 Å². The van der Waals surface area contributed by atoms with Gasteiger partial charge in [0.05, 0.1) is 6.54 Å². The lowest BCUT2D eigenvalue weighted by molar-refractivity contribution is 0.672. The van der Waals surface area contributed by atoms with Crippen LogP contribution in [-0.2, 0) is 0 Å². The van der Waals surface area contributed by atoms with Crippen molar-refractivity contribution in [2.45, 2.75) is 19.8 Å². The van der Waals surface area contributed by atoms with Crippen LogP contribution >= 0.6 is 0 Å². The highest BCUT2D eigenvalue weighted by Gasteiger charge is 2.04. The molecule has 0 spiro atoms. The van der Waals surface area contributed by atoms with Crippen LogP contribution in [0.2, 0.25) is 0 Å². The summed E-state index contributed by atoms with van der Waals surface area (Å²) < 4.78 is 0. The Kier molecular flexibility index (Phi) is 5.38. The van der Waals surface area contributed by atoms with Gasteiger partial charge < -0.3 is 0 Å².